The number of pyridine rings is 1. The largest absolute Gasteiger partial charge is 0.378 e. The summed E-state index contributed by atoms with van der Waals surface area (Å²) in [5.74, 6) is 1.10. The zero-order chi connectivity index (χ0) is 13.1. The van der Waals surface area contributed by atoms with Gasteiger partial charge >= 0.3 is 0 Å². The van der Waals surface area contributed by atoms with E-state index < -0.39 is 0 Å². The van der Waals surface area contributed by atoms with Crippen LogP contribution in [0.1, 0.15) is 36.4 Å². The van der Waals surface area contributed by atoms with Crippen LogP contribution in [0.15, 0.2) is 12.3 Å². The molecule has 1 aromatic rings. The molecule has 3 heterocycles. The highest BCUT2D eigenvalue weighted by atomic mass is 16.5. The number of nitrogens with one attached hydrogen (secondary N) is 1. The molecule has 4 nitrogen and oxygen atoms in total. The second kappa shape index (κ2) is 5.88. The number of aryl methyl sites for hydroxylation is 1. The Morgan fingerprint density at radius 2 is 2.16 bits per heavy atom. The number of morpholine rings is 1. The predicted octanol–water partition coefficient (Wildman–Crippen LogP) is 2.04. The molecule has 0 unspecified atom stereocenters. The number of ether oxygens (including phenoxy) is 1. The van der Waals surface area contributed by atoms with Gasteiger partial charge in [0.2, 0.25) is 0 Å². The van der Waals surface area contributed by atoms with Crippen LogP contribution in [0, 0.1) is 6.92 Å². The maximum atomic E-state index is 5.39. The third-order valence-electron chi connectivity index (χ3n) is 4.16. The van der Waals surface area contributed by atoms with E-state index in [1.807, 2.05) is 0 Å². The van der Waals surface area contributed by atoms with Crippen LogP contribution >= 0.6 is 0 Å². The van der Waals surface area contributed by atoms with Gasteiger partial charge in [-0.15, -0.1) is 0 Å². The van der Waals surface area contributed by atoms with Crippen molar-refractivity contribution in [2.45, 2.75) is 32.2 Å². The minimum absolute atomic E-state index is 0.500. The van der Waals surface area contributed by atoms with E-state index in [1.165, 1.54) is 30.4 Å². The van der Waals surface area contributed by atoms with E-state index in [4.69, 9.17) is 4.74 Å². The minimum Gasteiger partial charge on any atom is -0.378 e. The molecule has 2 aliphatic heterocycles. The van der Waals surface area contributed by atoms with E-state index in [1.54, 1.807) is 0 Å². The van der Waals surface area contributed by atoms with Crippen molar-refractivity contribution in [1.82, 2.24) is 10.3 Å². The molecule has 1 N–H and O–H groups in total. The van der Waals surface area contributed by atoms with Gasteiger partial charge in [-0.25, -0.2) is 4.98 Å². The number of aromatic nitrogens is 1. The molecule has 4 heteroatoms. The van der Waals surface area contributed by atoms with Crippen molar-refractivity contribution in [3.8, 4) is 0 Å². The molecule has 0 aromatic carbocycles. The molecule has 1 atom stereocenters. The first-order valence-electron chi connectivity index (χ1n) is 7.37. The van der Waals surface area contributed by atoms with Gasteiger partial charge in [0.25, 0.3) is 0 Å². The maximum absolute atomic E-state index is 5.39. The lowest BCUT2D eigenvalue weighted by molar-refractivity contribution is 0.122. The molecule has 0 aliphatic carbocycles. The van der Waals surface area contributed by atoms with Crippen molar-refractivity contribution in [3.05, 3.63) is 23.4 Å². The Morgan fingerprint density at radius 1 is 1.32 bits per heavy atom. The van der Waals surface area contributed by atoms with E-state index in [0.29, 0.717) is 6.04 Å². The molecule has 19 heavy (non-hydrogen) atoms. The number of piperidine rings is 1. The lowest BCUT2D eigenvalue weighted by atomic mass is 9.96. The smallest absolute Gasteiger partial charge is 0.128 e. The second-order valence-electron chi connectivity index (χ2n) is 5.50. The Kier molecular flexibility index (Phi) is 3.99. The standard InChI is InChI=1S/C15H23N3O/c1-12-10-15(18-6-8-19-9-7-18)17-11-13(12)14-4-2-3-5-16-14/h10-11,14,16H,2-9H2,1H3/t14-/m0/s1. The Labute approximate surface area is 115 Å². The minimum atomic E-state index is 0.500. The van der Waals surface area contributed by atoms with E-state index in [0.717, 1.165) is 38.7 Å². The summed E-state index contributed by atoms with van der Waals surface area (Å²) < 4.78 is 5.39. The Balaban J connectivity index is 1.76. The lowest BCUT2D eigenvalue weighted by Crippen LogP contribution is -2.37. The van der Waals surface area contributed by atoms with E-state index in [9.17, 15) is 0 Å². The van der Waals surface area contributed by atoms with Crippen molar-refractivity contribution in [2.24, 2.45) is 0 Å². The quantitative estimate of drug-likeness (QED) is 0.884. The molecule has 0 bridgehead atoms. The van der Waals surface area contributed by atoms with Crippen molar-refractivity contribution >= 4 is 5.82 Å². The molecule has 1 aromatic heterocycles. The average Bonchev–Trinajstić information content (AvgIpc) is 2.49. The van der Waals surface area contributed by atoms with Crippen molar-refractivity contribution < 1.29 is 4.74 Å². The van der Waals surface area contributed by atoms with Crippen LogP contribution < -0.4 is 10.2 Å². The fraction of sp³-hybridized carbons (Fsp3) is 0.667. The highest BCUT2D eigenvalue weighted by Gasteiger charge is 2.19. The number of anilines is 1. The van der Waals surface area contributed by atoms with E-state index >= 15 is 0 Å². The zero-order valence-corrected chi connectivity index (χ0v) is 11.7. The predicted molar refractivity (Wildman–Crippen MR) is 76.6 cm³/mol. The summed E-state index contributed by atoms with van der Waals surface area (Å²) in [6, 6.07) is 2.73. The van der Waals surface area contributed by atoms with Gasteiger partial charge in [-0.3, -0.25) is 0 Å². The first kappa shape index (κ1) is 12.9. The highest BCUT2D eigenvalue weighted by Crippen LogP contribution is 2.27. The van der Waals surface area contributed by atoms with Crippen LogP contribution in [0.5, 0.6) is 0 Å². The number of rotatable bonds is 2. The summed E-state index contributed by atoms with van der Waals surface area (Å²) >= 11 is 0. The molecular formula is C15H23N3O. The van der Waals surface area contributed by atoms with E-state index in [-0.39, 0.29) is 0 Å². The fourth-order valence-electron chi connectivity index (χ4n) is 3.00. The fourth-order valence-corrected chi connectivity index (χ4v) is 3.00. The molecule has 2 saturated heterocycles. The molecule has 0 radical (unpaired) electrons. The van der Waals surface area contributed by atoms with Crippen LogP contribution in [0.2, 0.25) is 0 Å². The summed E-state index contributed by atoms with van der Waals surface area (Å²) in [7, 11) is 0. The normalized spacial score (nSPS) is 24.5. The molecule has 2 aliphatic rings. The van der Waals surface area contributed by atoms with E-state index in [2.05, 4.69) is 34.4 Å². The molecule has 3 rings (SSSR count). The first-order valence-corrected chi connectivity index (χ1v) is 7.37. The summed E-state index contributed by atoms with van der Waals surface area (Å²) in [6.45, 7) is 6.87. The maximum Gasteiger partial charge on any atom is 0.128 e. The Bertz CT molecular complexity index is 423. The monoisotopic (exact) mass is 261 g/mol. The molecule has 2 fully saturated rings. The molecule has 0 spiro atoms. The van der Waals surface area contributed by atoms with Crippen molar-refractivity contribution in [1.29, 1.82) is 0 Å². The molecule has 0 saturated carbocycles. The Hall–Kier alpha value is -1.13. The van der Waals surface area contributed by atoms with Gasteiger partial charge in [0.15, 0.2) is 0 Å². The van der Waals surface area contributed by atoms with Gasteiger partial charge < -0.3 is 15.0 Å². The summed E-state index contributed by atoms with van der Waals surface area (Å²) in [4.78, 5) is 6.98. The zero-order valence-electron chi connectivity index (χ0n) is 11.7. The van der Waals surface area contributed by atoms with Crippen molar-refractivity contribution in [2.75, 3.05) is 37.7 Å². The first-order chi connectivity index (χ1) is 9.34. The van der Waals surface area contributed by atoms with Gasteiger partial charge in [0.1, 0.15) is 5.82 Å². The second-order valence-corrected chi connectivity index (χ2v) is 5.50. The van der Waals surface area contributed by atoms with Crippen LogP contribution in [-0.4, -0.2) is 37.8 Å². The number of hydrogen-bond donors (Lipinski definition) is 1. The number of hydrogen-bond acceptors (Lipinski definition) is 4. The van der Waals surface area contributed by atoms with Gasteiger partial charge in [-0.1, -0.05) is 6.42 Å². The SMILES string of the molecule is Cc1cc(N2CCOCC2)ncc1[C@@H]1CCCCN1. The van der Waals surface area contributed by atoms with Gasteiger partial charge in [-0.05, 0) is 43.5 Å². The molecule has 0 amide bonds. The van der Waals surface area contributed by atoms with Gasteiger partial charge in [0.05, 0.1) is 13.2 Å². The molecular weight excluding hydrogens is 238 g/mol. The van der Waals surface area contributed by atoms with Crippen LogP contribution in [0.4, 0.5) is 5.82 Å². The van der Waals surface area contributed by atoms with Crippen LogP contribution in [0.25, 0.3) is 0 Å². The van der Waals surface area contributed by atoms with Crippen LogP contribution in [0.3, 0.4) is 0 Å². The van der Waals surface area contributed by atoms with Crippen LogP contribution in [-0.2, 0) is 4.74 Å². The van der Waals surface area contributed by atoms with Gasteiger partial charge in [0, 0.05) is 25.3 Å². The number of nitrogens with zero attached hydrogens (tertiary/aromatic N) is 2. The third-order valence-corrected chi connectivity index (χ3v) is 4.16. The summed E-state index contributed by atoms with van der Waals surface area (Å²) in [6.07, 6.45) is 5.93. The Morgan fingerprint density at radius 3 is 2.84 bits per heavy atom. The summed E-state index contributed by atoms with van der Waals surface area (Å²) in [5.41, 5.74) is 2.73. The lowest BCUT2D eigenvalue weighted by Gasteiger charge is -2.29. The topological polar surface area (TPSA) is 37.4 Å². The average molecular weight is 261 g/mol. The van der Waals surface area contributed by atoms with Crippen molar-refractivity contribution in [3.63, 3.8) is 0 Å². The molecule has 104 valence electrons. The summed E-state index contributed by atoms with van der Waals surface area (Å²) in [5, 5.41) is 3.60. The third kappa shape index (κ3) is 2.90. The van der Waals surface area contributed by atoms with Gasteiger partial charge in [-0.2, -0.15) is 0 Å². The highest BCUT2D eigenvalue weighted by molar-refractivity contribution is 5.44.